The van der Waals surface area contributed by atoms with Crippen LogP contribution in [0.15, 0.2) is 51.9 Å². The van der Waals surface area contributed by atoms with E-state index < -0.39 is 20.4 Å². The van der Waals surface area contributed by atoms with Crippen LogP contribution in [0.1, 0.15) is 5.89 Å². The van der Waals surface area contributed by atoms with Crippen LogP contribution in [0, 0.1) is 10.1 Å². The summed E-state index contributed by atoms with van der Waals surface area (Å²) >= 11 is 5.95. The highest BCUT2D eigenvalue weighted by atomic mass is 35.5. The number of aromatic nitrogens is 2. The highest BCUT2D eigenvalue weighted by molar-refractivity contribution is 7.90. The van der Waals surface area contributed by atoms with Crippen LogP contribution in [0.4, 0.5) is 11.4 Å². The van der Waals surface area contributed by atoms with E-state index in [1.807, 2.05) is 6.07 Å². The Kier molecular flexibility index (Phi) is 5.61. The predicted molar refractivity (Wildman–Crippen MR) is 103 cm³/mol. The molecular weight excluding hydrogens is 408 g/mol. The fraction of sp³-hybridized carbons (Fsp3) is 0.176. The first-order chi connectivity index (χ1) is 13.2. The molecule has 1 N–H and O–H groups in total. The quantitative estimate of drug-likeness (QED) is 0.453. The molecule has 28 heavy (non-hydrogen) atoms. The van der Waals surface area contributed by atoms with E-state index in [1.165, 1.54) is 12.1 Å². The molecular formula is C17H15ClN4O5S. The molecule has 1 heterocycles. The number of rotatable bonds is 7. The zero-order valence-electron chi connectivity index (χ0n) is 14.6. The van der Waals surface area contributed by atoms with Crippen molar-refractivity contribution in [2.45, 2.75) is 11.3 Å². The van der Waals surface area contributed by atoms with Crippen molar-refractivity contribution in [3.8, 4) is 11.4 Å². The fourth-order valence-corrected chi connectivity index (χ4v) is 3.54. The van der Waals surface area contributed by atoms with E-state index in [0.717, 1.165) is 17.9 Å². The lowest BCUT2D eigenvalue weighted by Crippen LogP contribution is -2.08. The van der Waals surface area contributed by atoms with Crippen molar-refractivity contribution in [3.63, 3.8) is 0 Å². The highest BCUT2D eigenvalue weighted by Gasteiger charge is 2.22. The number of nitro groups is 1. The average Bonchev–Trinajstić information content (AvgIpc) is 3.10. The van der Waals surface area contributed by atoms with E-state index >= 15 is 0 Å². The zero-order valence-corrected chi connectivity index (χ0v) is 16.2. The molecule has 0 bridgehead atoms. The third-order valence-corrected chi connectivity index (χ3v) is 5.14. The lowest BCUT2D eigenvalue weighted by Gasteiger charge is -2.07. The number of anilines is 1. The molecule has 2 aromatic carbocycles. The minimum absolute atomic E-state index is 0.344. The molecule has 0 spiro atoms. The summed E-state index contributed by atoms with van der Waals surface area (Å²) in [6.45, 7) is 0.359. The Labute approximate surface area is 165 Å². The average molecular weight is 423 g/mol. The van der Waals surface area contributed by atoms with E-state index in [2.05, 4.69) is 15.5 Å². The van der Waals surface area contributed by atoms with Gasteiger partial charge in [0.2, 0.25) is 11.7 Å². The molecule has 0 amide bonds. The summed E-state index contributed by atoms with van der Waals surface area (Å²) < 4.78 is 28.8. The second-order valence-corrected chi connectivity index (χ2v) is 8.33. The van der Waals surface area contributed by atoms with Gasteiger partial charge in [0, 0.05) is 41.6 Å². The highest BCUT2D eigenvalue weighted by Crippen LogP contribution is 2.27. The van der Waals surface area contributed by atoms with Gasteiger partial charge >= 0.3 is 0 Å². The van der Waals surface area contributed by atoms with Crippen LogP contribution < -0.4 is 5.32 Å². The van der Waals surface area contributed by atoms with Crippen LogP contribution in [0.5, 0.6) is 0 Å². The Hall–Kier alpha value is -2.98. The molecule has 11 heteroatoms. The molecule has 0 saturated heterocycles. The van der Waals surface area contributed by atoms with Gasteiger partial charge in [0.25, 0.3) is 5.69 Å². The van der Waals surface area contributed by atoms with Crippen LogP contribution in [-0.2, 0) is 16.3 Å². The van der Waals surface area contributed by atoms with Crippen molar-refractivity contribution in [2.75, 3.05) is 18.1 Å². The Bertz CT molecular complexity index is 1130. The number of sulfone groups is 1. The monoisotopic (exact) mass is 422 g/mol. The normalized spacial score (nSPS) is 11.4. The van der Waals surface area contributed by atoms with Gasteiger partial charge in [-0.1, -0.05) is 28.9 Å². The molecule has 1 aromatic heterocycles. The summed E-state index contributed by atoms with van der Waals surface area (Å²) in [5, 5.41) is 18.5. The van der Waals surface area contributed by atoms with Gasteiger partial charge in [-0.3, -0.25) is 10.1 Å². The van der Waals surface area contributed by atoms with E-state index in [-0.39, 0.29) is 4.90 Å². The Morgan fingerprint density at radius 3 is 2.71 bits per heavy atom. The summed E-state index contributed by atoms with van der Waals surface area (Å²) in [6.07, 6.45) is 1.30. The third kappa shape index (κ3) is 4.65. The molecule has 0 radical (unpaired) electrons. The van der Waals surface area contributed by atoms with Crippen molar-refractivity contribution in [3.05, 3.63) is 63.5 Å². The first kappa shape index (κ1) is 19.8. The number of halogens is 1. The zero-order chi connectivity index (χ0) is 20.3. The standard InChI is InChI=1S/C17H15ClN4O5S/c1-28(25,26)15-10-13(5-6-14(15)22(23)24)19-8-7-16-20-17(21-27-16)11-3-2-4-12(18)9-11/h2-6,9-10,19H,7-8H2,1H3. The van der Waals surface area contributed by atoms with Crippen molar-refractivity contribution in [2.24, 2.45) is 0 Å². The lowest BCUT2D eigenvalue weighted by atomic mass is 10.2. The molecule has 0 aliphatic carbocycles. The van der Waals surface area contributed by atoms with Crippen LogP contribution in [0.3, 0.4) is 0 Å². The molecule has 0 aliphatic rings. The Morgan fingerprint density at radius 2 is 2.04 bits per heavy atom. The van der Waals surface area contributed by atoms with Gasteiger partial charge in [0.15, 0.2) is 9.84 Å². The maximum atomic E-state index is 11.8. The van der Waals surface area contributed by atoms with Crippen molar-refractivity contribution in [1.82, 2.24) is 10.1 Å². The van der Waals surface area contributed by atoms with Gasteiger partial charge in [-0.25, -0.2) is 8.42 Å². The van der Waals surface area contributed by atoms with Gasteiger partial charge in [0.05, 0.1) is 4.92 Å². The smallest absolute Gasteiger partial charge is 0.288 e. The summed E-state index contributed by atoms with van der Waals surface area (Å²) in [5.74, 6) is 0.792. The van der Waals surface area contributed by atoms with E-state index in [4.69, 9.17) is 16.1 Å². The van der Waals surface area contributed by atoms with Crippen LogP contribution in [0.25, 0.3) is 11.4 Å². The maximum Gasteiger partial charge on any atom is 0.288 e. The molecule has 0 fully saturated rings. The second-order valence-electron chi connectivity index (χ2n) is 5.91. The topological polar surface area (TPSA) is 128 Å². The number of nitrogens with one attached hydrogen (secondary N) is 1. The first-order valence-corrected chi connectivity index (χ1v) is 10.3. The van der Waals surface area contributed by atoms with Crippen molar-refractivity contribution < 1.29 is 17.9 Å². The number of benzene rings is 2. The fourth-order valence-electron chi connectivity index (χ4n) is 2.49. The van der Waals surface area contributed by atoms with E-state index in [0.29, 0.717) is 35.4 Å². The molecule has 0 atom stereocenters. The van der Waals surface area contributed by atoms with E-state index in [1.54, 1.807) is 18.2 Å². The summed E-state index contributed by atoms with van der Waals surface area (Å²) in [5.41, 5.74) is 0.695. The van der Waals surface area contributed by atoms with Gasteiger partial charge < -0.3 is 9.84 Å². The molecule has 0 aliphatic heterocycles. The van der Waals surface area contributed by atoms with Crippen molar-refractivity contribution in [1.29, 1.82) is 0 Å². The molecule has 146 valence electrons. The maximum absolute atomic E-state index is 11.8. The largest absolute Gasteiger partial charge is 0.384 e. The number of hydrogen-bond donors (Lipinski definition) is 1. The number of nitro benzene ring substituents is 1. The first-order valence-electron chi connectivity index (χ1n) is 8.05. The summed E-state index contributed by atoms with van der Waals surface area (Å²) in [6, 6.07) is 10.9. The summed E-state index contributed by atoms with van der Waals surface area (Å²) in [7, 11) is -3.74. The van der Waals surface area contributed by atoms with Crippen LogP contribution >= 0.6 is 11.6 Å². The lowest BCUT2D eigenvalue weighted by molar-refractivity contribution is -0.387. The minimum Gasteiger partial charge on any atom is -0.384 e. The summed E-state index contributed by atoms with van der Waals surface area (Å²) in [4.78, 5) is 14.2. The Morgan fingerprint density at radius 1 is 1.25 bits per heavy atom. The van der Waals surface area contributed by atoms with Gasteiger partial charge in [-0.05, 0) is 24.3 Å². The van der Waals surface area contributed by atoms with Crippen LogP contribution in [-0.4, -0.2) is 36.3 Å². The van der Waals surface area contributed by atoms with Gasteiger partial charge in [0.1, 0.15) is 4.90 Å². The number of nitrogens with zero attached hydrogens (tertiary/aromatic N) is 3. The van der Waals surface area contributed by atoms with Crippen LogP contribution in [0.2, 0.25) is 5.02 Å². The Balaban J connectivity index is 1.68. The molecule has 0 saturated carbocycles. The molecule has 0 unspecified atom stereocenters. The molecule has 3 rings (SSSR count). The predicted octanol–water partition coefficient (Wildman–Crippen LogP) is 3.36. The van der Waals surface area contributed by atoms with Gasteiger partial charge in [-0.2, -0.15) is 4.98 Å². The number of hydrogen-bond acceptors (Lipinski definition) is 8. The second kappa shape index (κ2) is 7.95. The van der Waals surface area contributed by atoms with Crippen molar-refractivity contribution >= 4 is 32.8 Å². The van der Waals surface area contributed by atoms with E-state index in [9.17, 15) is 18.5 Å². The SMILES string of the molecule is CS(=O)(=O)c1cc(NCCc2nc(-c3cccc(Cl)c3)no2)ccc1[N+](=O)[O-]. The molecule has 3 aromatic rings. The minimum atomic E-state index is -3.74. The molecule has 9 nitrogen and oxygen atoms in total. The van der Waals surface area contributed by atoms with Gasteiger partial charge in [-0.15, -0.1) is 0 Å². The third-order valence-electron chi connectivity index (χ3n) is 3.77.